The van der Waals surface area contributed by atoms with Crippen LogP contribution in [0.4, 0.5) is 0 Å². The largest absolute Gasteiger partial charge is 0.494 e. The standard InChI is InChI=1S/C23H28N4O2.C23H22N2O2.2ClH/c24-22(25)14-8-18-4-10-20(11-5-18)28-16-2-1-3-17-29-21-12-6-19(7-13-21)9-15-23(26)27;1-25-17-15-21-9-13-23(14-10-21)27-19-4-2-3-18-26-22-11-7-20(8-12-22)6-5-16-24;;/h4-15H,1-3,16-17H2,(H3,24,25)(H3,26,27);5-15,17H,2-4,18-19H2;2*1H/b14-8+,15-9+;6-5-,17-15+;;. The monoisotopic (exact) mass is 822 g/mol. The van der Waals surface area contributed by atoms with Crippen LogP contribution in [0.15, 0.2) is 121 Å². The van der Waals surface area contributed by atoms with Crippen molar-refractivity contribution in [3.05, 3.63) is 155 Å². The van der Waals surface area contributed by atoms with Crippen LogP contribution in [0.5, 0.6) is 23.0 Å². The fourth-order valence-electron chi connectivity index (χ4n) is 4.85. The summed E-state index contributed by atoms with van der Waals surface area (Å²) < 4.78 is 22.9. The molecule has 0 saturated carbocycles. The van der Waals surface area contributed by atoms with E-state index in [1.807, 2.05) is 103 Å². The first-order valence-electron chi connectivity index (χ1n) is 18.4. The van der Waals surface area contributed by atoms with Gasteiger partial charge in [-0.05, 0) is 128 Å². The second-order valence-electron chi connectivity index (χ2n) is 12.3. The predicted octanol–water partition coefficient (Wildman–Crippen LogP) is 10.8. The highest BCUT2D eigenvalue weighted by molar-refractivity contribution is 5.93. The molecule has 4 rings (SSSR count). The van der Waals surface area contributed by atoms with Gasteiger partial charge in [0.1, 0.15) is 34.7 Å². The van der Waals surface area contributed by atoms with Gasteiger partial charge in [-0.1, -0.05) is 66.8 Å². The highest BCUT2D eigenvalue weighted by Crippen LogP contribution is 2.17. The fraction of sp³-hybridized carbons (Fsp3) is 0.217. The van der Waals surface area contributed by atoms with E-state index in [9.17, 15) is 0 Å². The molecule has 0 unspecified atom stereocenters. The van der Waals surface area contributed by atoms with E-state index in [2.05, 4.69) is 4.85 Å². The molecule has 58 heavy (non-hydrogen) atoms. The molecule has 4 aromatic rings. The Morgan fingerprint density at radius 1 is 0.517 bits per heavy atom. The minimum Gasteiger partial charge on any atom is -0.494 e. The predicted molar refractivity (Wildman–Crippen MR) is 242 cm³/mol. The summed E-state index contributed by atoms with van der Waals surface area (Å²) in [5.74, 6) is 3.42. The average molecular weight is 824 g/mol. The van der Waals surface area contributed by atoms with Crippen LogP contribution in [0.2, 0.25) is 0 Å². The molecule has 4 aromatic carbocycles. The zero-order valence-electron chi connectivity index (χ0n) is 32.4. The number of amidine groups is 2. The molecule has 12 heteroatoms. The Labute approximate surface area is 355 Å². The van der Waals surface area contributed by atoms with Gasteiger partial charge in [0.05, 0.1) is 39.1 Å². The van der Waals surface area contributed by atoms with Gasteiger partial charge in [0.25, 0.3) is 0 Å². The lowest BCUT2D eigenvalue weighted by Gasteiger charge is -2.08. The van der Waals surface area contributed by atoms with Gasteiger partial charge in [-0.3, -0.25) is 10.8 Å². The molecular weight excluding hydrogens is 771 g/mol. The molecule has 0 amide bonds. The Bertz CT molecular complexity index is 1820. The molecule has 10 nitrogen and oxygen atoms in total. The molecule has 0 aliphatic rings. The third kappa shape index (κ3) is 22.8. The molecule has 0 aromatic heterocycles. The number of hydrogen-bond acceptors (Lipinski definition) is 7. The number of nitrogens with two attached hydrogens (primary N) is 2. The second-order valence-corrected chi connectivity index (χ2v) is 12.3. The van der Waals surface area contributed by atoms with Gasteiger partial charge in [-0.25, -0.2) is 4.85 Å². The second kappa shape index (κ2) is 30.7. The number of rotatable bonds is 22. The summed E-state index contributed by atoms with van der Waals surface area (Å²) in [6.07, 6.45) is 19.1. The molecule has 0 aliphatic carbocycles. The number of halogens is 2. The highest BCUT2D eigenvalue weighted by atomic mass is 35.5. The van der Waals surface area contributed by atoms with Gasteiger partial charge in [0, 0.05) is 6.08 Å². The number of nitrogens with one attached hydrogen (secondary N) is 2. The zero-order chi connectivity index (χ0) is 40.1. The van der Waals surface area contributed by atoms with Gasteiger partial charge < -0.3 is 30.4 Å². The van der Waals surface area contributed by atoms with Gasteiger partial charge >= 0.3 is 0 Å². The average Bonchev–Trinajstić information content (AvgIpc) is 3.22. The van der Waals surface area contributed by atoms with Crippen molar-refractivity contribution in [1.82, 2.24) is 0 Å². The van der Waals surface area contributed by atoms with Crippen molar-refractivity contribution in [3.8, 4) is 29.1 Å². The van der Waals surface area contributed by atoms with E-state index < -0.39 is 0 Å². The lowest BCUT2D eigenvalue weighted by molar-refractivity contribution is 0.279. The van der Waals surface area contributed by atoms with Gasteiger partial charge in [-0.15, -0.1) is 24.8 Å². The number of nitriles is 1. The topological polar surface area (TPSA) is 165 Å². The van der Waals surface area contributed by atoms with Crippen molar-refractivity contribution in [2.45, 2.75) is 38.5 Å². The van der Waals surface area contributed by atoms with Crippen LogP contribution in [-0.4, -0.2) is 38.1 Å². The molecule has 304 valence electrons. The normalized spacial score (nSPS) is 10.4. The molecule has 0 spiro atoms. The molecule has 0 fully saturated rings. The Morgan fingerprint density at radius 3 is 1.09 bits per heavy atom. The number of benzene rings is 4. The smallest absolute Gasteiger partial charge is 0.154 e. The molecule has 0 bridgehead atoms. The van der Waals surface area contributed by atoms with Crippen molar-refractivity contribution in [2.75, 3.05) is 26.4 Å². The van der Waals surface area contributed by atoms with E-state index in [0.29, 0.717) is 26.4 Å². The van der Waals surface area contributed by atoms with Crippen LogP contribution in [-0.2, 0) is 0 Å². The Balaban J connectivity index is 0.000000562. The lowest BCUT2D eigenvalue weighted by atomic mass is 10.2. The molecule has 0 aliphatic heterocycles. The Hall–Kier alpha value is -6.46. The maximum absolute atomic E-state index is 8.51. The first-order valence-corrected chi connectivity index (χ1v) is 18.4. The van der Waals surface area contributed by atoms with Crippen LogP contribution in [0, 0.1) is 28.7 Å². The summed E-state index contributed by atoms with van der Waals surface area (Å²) in [6, 6.07) is 32.8. The molecule has 0 saturated heterocycles. The first kappa shape index (κ1) is 49.6. The van der Waals surface area contributed by atoms with Crippen molar-refractivity contribution in [2.24, 2.45) is 11.5 Å². The summed E-state index contributed by atoms with van der Waals surface area (Å²) in [7, 11) is 0. The molecular formula is C46H52Cl2N6O4. The maximum Gasteiger partial charge on any atom is 0.154 e. The number of ether oxygens (including phenoxy) is 4. The van der Waals surface area contributed by atoms with Crippen molar-refractivity contribution >= 4 is 60.8 Å². The van der Waals surface area contributed by atoms with Gasteiger partial charge in [-0.2, -0.15) is 5.26 Å². The van der Waals surface area contributed by atoms with Crippen LogP contribution >= 0.6 is 24.8 Å². The van der Waals surface area contributed by atoms with E-state index in [-0.39, 0.29) is 36.5 Å². The SMILES string of the molecule is Cl.Cl.N=C(N)/C=C/c1ccc(OCCCCCOc2ccc(/C=C/C(=N)N)cc2)cc1.[C-]#[N+]/C=C/c1ccc(OCCCCCOc2ccc(/C=C\C#N)cc2)cc1. The summed E-state index contributed by atoms with van der Waals surface area (Å²) in [6.45, 7) is 9.41. The zero-order valence-corrected chi connectivity index (χ0v) is 34.1. The number of hydrogen-bond donors (Lipinski definition) is 4. The van der Waals surface area contributed by atoms with Crippen LogP contribution < -0.4 is 30.4 Å². The van der Waals surface area contributed by atoms with E-state index in [1.165, 1.54) is 12.3 Å². The number of unbranched alkanes of at least 4 members (excludes halogenated alkanes) is 4. The summed E-state index contributed by atoms with van der Waals surface area (Å²) in [5.41, 5.74) is 14.5. The van der Waals surface area contributed by atoms with E-state index in [1.54, 1.807) is 36.5 Å². The Kier molecular flexibility index (Phi) is 26.3. The number of allylic oxidation sites excluding steroid dienone is 1. The third-order valence-electron chi connectivity index (χ3n) is 7.78. The van der Waals surface area contributed by atoms with Crippen molar-refractivity contribution in [1.29, 1.82) is 16.1 Å². The van der Waals surface area contributed by atoms with Gasteiger partial charge in [0.2, 0.25) is 0 Å². The lowest BCUT2D eigenvalue weighted by Crippen LogP contribution is -2.03. The summed E-state index contributed by atoms with van der Waals surface area (Å²) in [4.78, 5) is 3.19. The van der Waals surface area contributed by atoms with Crippen molar-refractivity contribution in [3.63, 3.8) is 0 Å². The molecule has 0 atom stereocenters. The maximum atomic E-state index is 8.51. The summed E-state index contributed by atoms with van der Waals surface area (Å²) in [5, 5.41) is 22.9. The molecule has 6 N–H and O–H groups in total. The van der Waals surface area contributed by atoms with E-state index in [0.717, 1.165) is 83.8 Å². The van der Waals surface area contributed by atoms with E-state index in [4.69, 9.17) is 53.1 Å². The van der Waals surface area contributed by atoms with Crippen LogP contribution in [0.1, 0.15) is 60.8 Å². The Morgan fingerprint density at radius 2 is 0.810 bits per heavy atom. The minimum atomic E-state index is 0. The van der Waals surface area contributed by atoms with Crippen molar-refractivity contribution < 1.29 is 18.9 Å². The first-order chi connectivity index (χ1) is 27.3. The third-order valence-corrected chi connectivity index (χ3v) is 7.78. The molecule has 0 heterocycles. The van der Waals surface area contributed by atoms with Crippen LogP contribution in [0.3, 0.4) is 0 Å². The van der Waals surface area contributed by atoms with Crippen LogP contribution in [0.25, 0.3) is 29.1 Å². The summed E-state index contributed by atoms with van der Waals surface area (Å²) >= 11 is 0. The quantitative estimate of drug-likeness (QED) is 0.0201. The van der Waals surface area contributed by atoms with Gasteiger partial charge in [0.15, 0.2) is 6.20 Å². The minimum absolute atomic E-state index is 0. The number of nitrogens with zero attached hydrogens (tertiary/aromatic N) is 2. The molecule has 0 radical (unpaired) electrons. The van der Waals surface area contributed by atoms with E-state index >= 15 is 0 Å². The highest BCUT2D eigenvalue weighted by Gasteiger charge is 1.99. The fourth-order valence-corrected chi connectivity index (χ4v) is 4.85.